The molecule has 1 heterocycles. The standard InChI is InChI=1S/C11H11N3O3S/c1-6-7(3-12)10(16)14-11(8(6)4-13)18-5-9(15)17-2/h6-7H,5H2,1-2H3,(H,14,16)/t6-,7+/m0/s1. The van der Waals surface area contributed by atoms with Crippen LogP contribution in [0.2, 0.25) is 0 Å². The molecule has 0 radical (unpaired) electrons. The van der Waals surface area contributed by atoms with E-state index in [1.165, 1.54) is 7.11 Å². The van der Waals surface area contributed by atoms with Crippen LogP contribution in [-0.4, -0.2) is 24.7 Å². The van der Waals surface area contributed by atoms with Crippen LogP contribution in [0.1, 0.15) is 6.92 Å². The maximum atomic E-state index is 11.6. The molecule has 0 aliphatic carbocycles. The number of hydrogen-bond donors (Lipinski definition) is 1. The number of amides is 1. The maximum Gasteiger partial charge on any atom is 0.316 e. The van der Waals surface area contributed by atoms with Crippen LogP contribution in [0, 0.1) is 34.5 Å². The number of hydrogen-bond acceptors (Lipinski definition) is 6. The van der Waals surface area contributed by atoms with E-state index in [0.717, 1.165) is 11.8 Å². The maximum absolute atomic E-state index is 11.6. The highest BCUT2D eigenvalue weighted by Crippen LogP contribution is 2.31. The van der Waals surface area contributed by atoms with Gasteiger partial charge in [0.2, 0.25) is 5.91 Å². The van der Waals surface area contributed by atoms with Crippen molar-refractivity contribution < 1.29 is 14.3 Å². The number of allylic oxidation sites excluding steroid dienone is 1. The largest absolute Gasteiger partial charge is 0.468 e. The number of carbonyl (C=O) groups is 2. The minimum absolute atomic E-state index is 0.00122. The lowest BCUT2D eigenvalue weighted by Gasteiger charge is -2.25. The fraction of sp³-hybridized carbons (Fsp3) is 0.455. The van der Waals surface area contributed by atoms with E-state index in [2.05, 4.69) is 10.1 Å². The molecule has 1 N–H and O–H groups in total. The topological polar surface area (TPSA) is 103 Å². The summed E-state index contributed by atoms with van der Waals surface area (Å²) in [6, 6.07) is 3.84. The summed E-state index contributed by atoms with van der Waals surface area (Å²) in [5.74, 6) is -2.25. The molecule has 94 valence electrons. The number of esters is 1. The first kappa shape index (κ1) is 14.1. The molecular weight excluding hydrogens is 254 g/mol. The Labute approximate surface area is 109 Å². The van der Waals surface area contributed by atoms with Crippen LogP contribution in [0.4, 0.5) is 0 Å². The molecule has 1 aliphatic rings. The van der Waals surface area contributed by atoms with Crippen molar-refractivity contribution in [2.24, 2.45) is 11.8 Å². The third-order valence-corrected chi connectivity index (χ3v) is 3.53. The van der Waals surface area contributed by atoms with Gasteiger partial charge in [-0.05, 0) is 0 Å². The first-order chi connectivity index (χ1) is 8.54. The van der Waals surface area contributed by atoms with E-state index in [4.69, 9.17) is 10.5 Å². The molecular formula is C11H11N3O3S. The summed E-state index contributed by atoms with van der Waals surface area (Å²) in [4.78, 5) is 22.6. The second kappa shape index (κ2) is 6.08. The zero-order valence-electron chi connectivity index (χ0n) is 9.89. The Morgan fingerprint density at radius 1 is 1.56 bits per heavy atom. The second-order valence-corrected chi connectivity index (χ2v) is 4.59. The minimum atomic E-state index is -0.873. The van der Waals surface area contributed by atoms with Crippen LogP contribution in [0.3, 0.4) is 0 Å². The molecule has 7 heteroatoms. The van der Waals surface area contributed by atoms with Crippen molar-refractivity contribution in [3.8, 4) is 12.1 Å². The monoisotopic (exact) mass is 265 g/mol. The van der Waals surface area contributed by atoms with Crippen LogP contribution >= 0.6 is 11.8 Å². The lowest BCUT2D eigenvalue weighted by Crippen LogP contribution is -2.39. The number of methoxy groups -OCH3 is 1. The van der Waals surface area contributed by atoms with Crippen molar-refractivity contribution in [3.05, 3.63) is 10.6 Å². The van der Waals surface area contributed by atoms with E-state index in [-0.39, 0.29) is 5.75 Å². The number of nitrogens with one attached hydrogen (secondary N) is 1. The van der Waals surface area contributed by atoms with Gasteiger partial charge in [0.05, 0.1) is 35.6 Å². The number of carbonyl (C=O) groups excluding carboxylic acids is 2. The average molecular weight is 265 g/mol. The van der Waals surface area contributed by atoms with Gasteiger partial charge in [-0.1, -0.05) is 18.7 Å². The summed E-state index contributed by atoms with van der Waals surface area (Å²) < 4.78 is 4.48. The molecule has 6 nitrogen and oxygen atoms in total. The Bertz CT molecular complexity index is 487. The van der Waals surface area contributed by atoms with E-state index in [9.17, 15) is 9.59 Å². The molecule has 18 heavy (non-hydrogen) atoms. The van der Waals surface area contributed by atoms with Gasteiger partial charge >= 0.3 is 5.97 Å². The molecule has 0 bridgehead atoms. The van der Waals surface area contributed by atoms with Gasteiger partial charge in [0, 0.05) is 5.92 Å². The van der Waals surface area contributed by atoms with Gasteiger partial charge < -0.3 is 10.1 Å². The molecule has 0 aromatic rings. The minimum Gasteiger partial charge on any atom is -0.468 e. The van der Waals surface area contributed by atoms with Crippen LogP contribution in [0.25, 0.3) is 0 Å². The summed E-state index contributed by atoms with van der Waals surface area (Å²) in [5.41, 5.74) is 0.315. The van der Waals surface area contributed by atoms with Gasteiger partial charge in [0.15, 0.2) is 0 Å². The summed E-state index contributed by atoms with van der Waals surface area (Å²) in [6.07, 6.45) is 0. The number of thioether (sulfide) groups is 1. The van der Waals surface area contributed by atoms with Gasteiger partial charge in [-0.2, -0.15) is 10.5 Å². The second-order valence-electron chi connectivity index (χ2n) is 3.60. The van der Waals surface area contributed by atoms with Gasteiger partial charge in [-0.15, -0.1) is 0 Å². The fourth-order valence-electron chi connectivity index (χ4n) is 1.48. The molecule has 0 spiro atoms. The Morgan fingerprint density at radius 3 is 2.72 bits per heavy atom. The first-order valence-electron chi connectivity index (χ1n) is 5.09. The van der Waals surface area contributed by atoms with Crippen molar-refractivity contribution >= 4 is 23.6 Å². The number of rotatable bonds is 3. The molecule has 1 amide bonds. The van der Waals surface area contributed by atoms with E-state index in [1.54, 1.807) is 6.92 Å². The number of nitrogens with zero attached hydrogens (tertiary/aromatic N) is 2. The number of ether oxygens (including phenoxy) is 1. The molecule has 0 saturated heterocycles. The SMILES string of the molecule is COC(=O)CSC1=C(C#N)[C@@H](C)[C@@H](C#N)C(=O)N1. The van der Waals surface area contributed by atoms with E-state index < -0.39 is 23.7 Å². The van der Waals surface area contributed by atoms with Crippen LogP contribution in [-0.2, 0) is 14.3 Å². The Morgan fingerprint density at radius 2 is 2.22 bits per heavy atom. The van der Waals surface area contributed by atoms with Gasteiger partial charge in [0.1, 0.15) is 5.92 Å². The first-order valence-corrected chi connectivity index (χ1v) is 6.08. The van der Waals surface area contributed by atoms with E-state index in [0.29, 0.717) is 10.6 Å². The number of nitriles is 2. The summed E-state index contributed by atoms with van der Waals surface area (Å²) in [5, 5.41) is 20.7. The zero-order chi connectivity index (χ0) is 13.7. The van der Waals surface area contributed by atoms with Crippen molar-refractivity contribution in [1.82, 2.24) is 5.32 Å². The smallest absolute Gasteiger partial charge is 0.316 e. The van der Waals surface area contributed by atoms with Crippen LogP contribution < -0.4 is 5.32 Å². The van der Waals surface area contributed by atoms with Crippen LogP contribution in [0.5, 0.6) is 0 Å². The molecule has 0 aromatic heterocycles. The fourth-order valence-corrected chi connectivity index (χ4v) is 2.42. The molecule has 1 aliphatic heterocycles. The van der Waals surface area contributed by atoms with Crippen molar-refractivity contribution in [2.75, 3.05) is 12.9 Å². The van der Waals surface area contributed by atoms with Gasteiger partial charge in [-0.3, -0.25) is 9.59 Å². The Balaban J connectivity index is 2.94. The highest BCUT2D eigenvalue weighted by atomic mass is 32.2. The highest BCUT2D eigenvalue weighted by molar-refractivity contribution is 8.03. The molecule has 0 saturated carbocycles. The van der Waals surface area contributed by atoms with Gasteiger partial charge in [-0.25, -0.2) is 0 Å². The molecule has 2 atom stereocenters. The summed E-state index contributed by atoms with van der Waals surface area (Å²) >= 11 is 1.02. The molecule has 0 unspecified atom stereocenters. The van der Waals surface area contributed by atoms with Crippen molar-refractivity contribution in [2.45, 2.75) is 6.92 Å². The van der Waals surface area contributed by atoms with Gasteiger partial charge in [0.25, 0.3) is 0 Å². The highest BCUT2D eigenvalue weighted by Gasteiger charge is 2.35. The lowest BCUT2D eigenvalue weighted by atomic mass is 9.86. The molecule has 1 rings (SSSR count). The third-order valence-electron chi connectivity index (χ3n) is 2.54. The van der Waals surface area contributed by atoms with E-state index in [1.807, 2.05) is 12.1 Å². The lowest BCUT2D eigenvalue weighted by molar-refractivity contribution is -0.137. The normalized spacial score (nSPS) is 22.8. The van der Waals surface area contributed by atoms with Crippen molar-refractivity contribution in [3.63, 3.8) is 0 Å². The average Bonchev–Trinajstić information content (AvgIpc) is 2.36. The quantitative estimate of drug-likeness (QED) is 0.747. The molecule has 0 fully saturated rings. The predicted molar refractivity (Wildman–Crippen MR) is 63.5 cm³/mol. The molecule has 0 aromatic carbocycles. The van der Waals surface area contributed by atoms with Crippen LogP contribution in [0.15, 0.2) is 10.6 Å². The zero-order valence-corrected chi connectivity index (χ0v) is 10.7. The Kier molecular flexibility index (Phi) is 4.75. The van der Waals surface area contributed by atoms with E-state index >= 15 is 0 Å². The van der Waals surface area contributed by atoms with Crippen molar-refractivity contribution in [1.29, 1.82) is 10.5 Å². The third kappa shape index (κ3) is 2.82. The summed E-state index contributed by atoms with van der Waals surface area (Å²) in [6.45, 7) is 1.64. The Hall–Kier alpha value is -1.99. The summed E-state index contributed by atoms with van der Waals surface area (Å²) in [7, 11) is 1.26. The predicted octanol–water partition coefficient (Wildman–Crippen LogP) is 0.533.